The molecule has 1 atom stereocenters. The van der Waals surface area contributed by atoms with E-state index in [2.05, 4.69) is 0 Å². The van der Waals surface area contributed by atoms with Crippen molar-refractivity contribution in [1.29, 1.82) is 0 Å². The Morgan fingerprint density at radius 2 is 1.67 bits per heavy atom. The summed E-state index contributed by atoms with van der Waals surface area (Å²) in [6.45, 7) is 0.646. The average Bonchev–Trinajstić information content (AvgIpc) is 1.64. The molecule has 0 radical (unpaired) electrons. The van der Waals surface area contributed by atoms with Crippen LogP contribution in [0.4, 0.5) is 13.2 Å². The molecular formula is C4H8F3NO. The molecule has 0 rings (SSSR count). The van der Waals surface area contributed by atoms with E-state index >= 15 is 0 Å². The second-order valence-electron chi connectivity index (χ2n) is 1.82. The van der Waals surface area contributed by atoms with Crippen molar-refractivity contribution in [2.24, 2.45) is 0 Å². The molecule has 0 bridgehead atoms. The van der Waals surface area contributed by atoms with Gasteiger partial charge in [0.15, 0.2) is 0 Å². The van der Waals surface area contributed by atoms with Gasteiger partial charge < -0.3 is 5.11 Å². The summed E-state index contributed by atoms with van der Waals surface area (Å²) in [7, 11) is 1.04. The van der Waals surface area contributed by atoms with Gasteiger partial charge in [0.2, 0.25) is 5.72 Å². The van der Waals surface area contributed by atoms with Crippen molar-refractivity contribution >= 4 is 0 Å². The molecule has 0 fully saturated rings. The largest absolute Gasteiger partial charge is 0.430 e. The van der Waals surface area contributed by atoms with E-state index in [9.17, 15) is 13.2 Å². The third-order valence-electron chi connectivity index (χ3n) is 1.04. The van der Waals surface area contributed by atoms with Crippen molar-refractivity contribution in [3.63, 3.8) is 0 Å². The molecule has 0 aliphatic rings. The zero-order chi connectivity index (χ0) is 7.71. The fourth-order valence-electron chi connectivity index (χ4n) is 0.142. The van der Waals surface area contributed by atoms with Gasteiger partial charge in [0, 0.05) is 0 Å². The predicted molar refractivity (Wildman–Crippen MR) is 25.7 cm³/mol. The minimum absolute atomic E-state index is 0.646. The molecule has 5 heteroatoms. The van der Waals surface area contributed by atoms with Crippen molar-refractivity contribution in [1.82, 2.24) is 5.32 Å². The molecule has 2 N–H and O–H groups in total. The molecule has 0 aromatic rings. The van der Waals surface area contributed by atoms with Crippen molar-refractivity contribution in [2.75, 3.05) is 7.05 Å². The fourth-order valence-corrected chi connectivity index (χ4v) is 0.142. The third-order valence-corrected chi connectivity index (χ3v) is 1.04. The van der Waals surface area contributed by atoms with Crippen LogP contribution >= 0.6 is 0 Å². The van der Waals surface area contributed by atoms with Gasteiger partial charge in [-0.2, -0.15) is 13.2 Å². The van der Waals surface area contributed by atoms with E-state index in [1.807, 2.05) is 0 Å². The number of hydrogen-bond acceptors (Lipinski definition) is 2. The lowest BCUT2D eigenvalue weighted by atomic mass is 10.3. The van der Waals surface area contributed by atoms with Crippen LogP contribution in [0.1, 0.15) is 6.92 Å². The summed E-state index contributed by atoms with van der Waals surface area (Å²) in [4.78, 5) is 0. The van der Waals surface area contributed by atoms with E-state index in [4.69, 9.17) is 5.11 Å². The first-order chi connectivity index (χ1) is 3.81. The smallest absolute Gasteiger partial charge is 0.368 e. The zero-order valence-corrected chi connectivity index (χ0v) is 5.08. The lowest BCUT2D eigenvalue weighted by Gasteiger charge is -2.24. The minimum atomic E-state index is -4.61. The number of rotatable bonds is 1. The molecule has 0 saturated heterocycles. The monoisotopic (exact) mass is 143 g/mol. The van der Waals surface area contributed by atoms with Crippen LogP contribution in [-0.4, -0.2) is 24.1 Å². The van der Waals surface area contributed by atoms with Crippen LogP contribution in [0.15, 0.2) is 0 Å². The van der Waals surface area contributed by atoms with E-state index in [1.165, 1.54) is 0 Å². The summed E-state index contributed by atoms with van der Waals surface area (Å²) in [5, 5.41) is 10.1. The van der Waals surface area contributed by atoms with Gasteiger partial charge in [-0.25, -0.2) is 0 Å². The van der Waals surface area contributed by atoms with Crippen molar-refractivity contribution in [3.8, 4) is 0 Å². The normalized spacial score (nSPS) is 19.3. The van der Waals surface area contributed by atoms with Crippen molar-refractivity contribution in [3.05, 3.63) is 0 Å². The van der Waals surface area contributed by atoms with E-state index in [-0.39, 0.29) is 0 Å². The quantitative estimate of drug-likeness (QED) is 0.523. The number of alkyl halides is 3. The average molecular weight is 143 g/mol. The Hall–Kier alpha value is -0.290. The topological polar surface area (TPSA) is 32.3 Å². The van der Waals surface area contributed by atoms with Gasteiger partial charge in [-0.15, -0.1) is 0 Å². The van der Waals surface area contributed by atoms with E-state index in [1.54, 1.807) is 5.32 Å². The lowest BCUT2D eigenvalue weighted by Crippen LogP contribution is -2.52. The molecule has 0 unspecified atom stereocenters. The molecule has 0 spiro atoms. The minimum Gasteiger partial charge on any atom is -0.368 e. The Labute approximate surface area is 50.7 Å². The third kappa shape index (κ3) is 1.83. The molecule has 56 valence electrons. The summed E-state index contributed by atoms with van der Waals surface area (Å²) < 4.78 is 34.6. The van der Waals surface area contributed by atoms with Gasteiger partial charge in [-0.3, -0.25) is 5.32 Å². The van der Waals surface area contributed by atoms with E-state index < -0.39 is 11.9 Å². The first kappa shape index (κ1) is 8.71. The zero-order valence-electron chi connectivity index (χ0n) is 5.08. The van der Waals surface area contributed by atoms with Crippen LogP contribution < -0.4 is 5.32 Å². The molecule has 0 saturated carbocycles. The van der Waals surface area contributed by atoms with Crippen LogP contribution in [0.5, 0.6) is 0 Å². The van der Waals surface area contributed by atoms with E-state index in [0.29, 0.717) is 6.92 Å². The highest BCUT2D eigenvalue weighted by atomic mass is 19.4. The lowest BCUT2D eigenvalue weighted by molar-refractivity contribution is -0.262. The van der Waals surface area contributed by atoms with E-state index in [0.717, 1.165) is 7.05 Å². The number of halogens is 3. The highest BCUT2D eigenvalue weighted by molar-refractivity contribution is 4.75. The maximum absolute atomic E-state index is 11.5. The molecule has 0 amide bonds. The van der Waals surface area contributed by atoms with Gasteiger partial charge >= 0.3 is 6.18 Å². The highest BCUT2D eigenvalue weighted by Gasteiger charge is 2.48. The molecule has 0 aliphatic heterocycles. The first-order valence-corrected chi connectivity index (χ1v) is 2.29. The number of nitrogens with one attached hydrogen (secondary N) is 1. The second-order valence-corrected chi connectivity index (χ2v) is 1.82. The predicted octanol–water partition coefficient (Wildman–Crippen LogP) is 0.477. The Kier molecular flexibility index (Phi) is 2.08. The van der Waals surface area contributed by atoms with Crippen LogP contribution in [-0.2, 0) is 0 Å². The molecule has 0 heterocycles. The molecule has 0 aromatic carbocycles. The summed E-state index contributed by atoms with van der Waals surface area (Å²) >= 11 is 0. The van der Waals surface area contributed by atoms with Crippen molar-refractivity contribution < 1.29 is 18.3 Å². The van der Waals surface area contributed by atoms with Gasteiger partial charge in [0.1, 0.15) is 0 Å². The van der Waals surface area contributed by atoms with Gasteiger partial charge in [0.05, 0.1) is 0 Å². The number of aliphatic hydroxyl groups is 1. The maximum Gasteiger partial charge on any atom is 0.430 e. The number of hydrogen-bond donors (Lipinski definition) is 2. The van der Waals surface area contributed by atoms with Crippen LogP contribution in [0.2, 0.25) is 0 Å². The molecule has 9 heavy (non-hydrogen) atoms. The summed E-state index contributed by atoms with van der Waals surface area (Å²) in [6.07, 6.45) is -4.61. The van der Waals surface area contributed by atoms with Crippen LogP contribution in [0.3, 0.4) is 0 Å². The highest BCUT2D eigenvalue weighted by Crippen LogP contribution is 2.26. The van der Waals surface area contributed by atoms with Gasteiger partial charge in [0.25, 0.3) is 0 Å². The van der Waals surface area contributed by atoms with Crippen LogP contribution in [0, 0.1) is 0 Å². The maximum atomic E-state index is 11.5. The fraction of sp³-hybridized carbons (Fsp3) is 1.00. The van der Waals surface area contributed by atoms with Gasteiger partial charge in [-0.1, -0.05) is 0 Å². The first-order valence-electron chi connectivity index (χ1n) is 2.29. The van der Waals surface area contributed by atoms with Crippen LogP contribution in [0.25, 0.3) is 0 Å². The van der Waals surface area contributed by atoms with Crippen molar-refractivity contribution in [2.45, 2.75) is 18.8 Å². The standard InChI is InChI=1S/C4H8F3NO/c1-3(9,8-2)4(5,6)7/h8-9H,1-2H3/t3-/m0/s1. The molecular weight excluding hydrogens is 135 g/mol. The Balaban J connectivity index is 4.14. The SMILES string of the molecule is CN[C@@](C)(O)C(F)(F)F. The Bertz CT molecular complexity index is 98.5. The summed E-state index contributed by atoms with van der Waals surface area (Å²) in [5.74, 6) is 0. The Morgan fingerprint density at radius 1 is 1.33 bits per heavy atom. The molecule has 0 aliphatic carbocycles. The summed E-state index contributed by atoms with van der Waals surface area (Å²) in [5.41, 5.74) is -2.77. The Morgan fingerprint density at radius 3 is 1.67 bits per heavy atom. The summed E-state index contributed by atoms with van der Waals surface area (Å²) in [6, 6.07) is 0. The van der Waals surface area contributed by atoms with Gasteiger partial charge in [-0.05, 0) is 14.0 Å². The molecule has 0 aromatic heterocycles. The molecule has 2 nitrogen and oxygen atoms in total. The second kappa shape index (κ2) is 2.15.